The van der Waals surface area contributed by atoms with Crippen LogP contribution >= 0.6 is 0 Å². The highest BCUT2D eigenvalue weighted by atomic mass is 16.5. The Labute approximate surface area is 157 Å². The summed E-state index contributed by atoms with van der Waals surface area (Å²) >= 11 is 0. The third kappa shape index (κ3) is 3.26. The fraction of sp³-hybridized carbons (Fsp3) is 0.238. The predicted molar refractivity (Wildman–Crippen MR) is 104 cm³/mol. The molecule has 0 bridgehead atoms. The zero-order valence-corrected chi connectivity index (χ0v) is 15.3. The summed E-state index contributed by atoms with van der Waals surface area (Å²) in [5.74, 6) is 0.769. The highest BCUT2D eigenvalue weighted by molar-refractivity contribution is 6.03. The van der Waals surface area contributed by atoms with Crippen LogP contribution in [0.15, 0.2) is 60.0 Å². The fourth-order valence-corrected chi connectivity index (χ4v) is 3.33. The van der Waals surface area contributed by atoms with E-state index in [4.69, 9.17) is 4.74 Å². The largest absolute Gasteiger partial charge is 0.497 e. The lowest BCUT2D eigenvalue weighted by molar-refractivity contribution is -0.132. The molecule has 1 amide bonds. The lowest BCUT2D eigenvalue weighted by Crippen LogP contribution is -2.26. The zero-order valence-electron chi connectivity index (χ0n) is 15.3. The summed E-state index contributed by atoms with van der Waals surface area (Å²) in [4.78, 5) is 21.2. The summed E-state index contributed by atoms with van der Waals surface area (Å²) in [6.07, 6.45) is 4.39. The molecule has 1 aliphatic rings. The van der Waals surface area contributed by atoms with Crippen LogP contribution in [0.1, 0.15) is 36.9 Å². The standard InChI is InChI=1S/C21H20N4O2/c1-3-21(26)25-20(15-7-8-17-19(12-15)23-10-9-22-17)13-18(24-25)14-5-4-6-16(11-14)27-2/h4-12,20H,3,13H2,1-2H3/t20-/m1/s1. The van der Waals surface area contributed by atoms with E-state index >= 15 is 0 Å². The summed E-state index contributed by atoms with van der Waals surface area (Å²) in [7, 11) is 1.64. The molecule has 2 aromatic carbocycles. The Morgan fingerprint density at radius 3 is 2.74 bits per heavy atom. The lowest BCUT2D eigenvalue weighted by atomic mass is 9.97. The average molecular weight is 360 g/mol. The molecule has 27 heavy (non-hydrogen) atoms. The second-order valence-corrected chi connectivity index (χ2v) is 6.39. The maximum atomic E-state index is 12.5. The van der Waals surface area contributed by atoms with Gasteiger partial charge in [0.25, 0.3) is 0 Å². The van der Waals surface area contributed by atoms with Gasteiger partial charge in [-0.05, 0) is 29.8 Å². The van der Waals surface area contributed by atoms with Crippen LogP contribution in [-0.2, 0) is 4.79 Å². The molecule has 2 heterocycles. The monoisotopic (exact) mass is 360 g/mol. The Kier molecular flexibility index (Phi) is 4.54. The van der Waals surface area contributed by atoms with Gasteiger partial charge in [0, 0.05) is 30.8 Å². The lowest BCUT2D eigenvalue weighted by Gasteiger charge is -2.21. The van der Waals surface area contributed by atoms with Crippen LogP contribution in [0.5, 0.6) is 5.75 Å². The molecule has 0 spiro atoms. The molecule has 0 N–H and O–H groups in total. The second kappa shape index (κ2) is 7.15. The Morgan fingerprint density at radius 1 is 1.15 bits per heavy atom. The summed E-state index contributed by atoms with van der Waals surface area (Å²) in [6.45, 7) is 1.85. The van der Waals surface area contributed by atoms with E-state index in [0.717, 1.165) is 33.6 Å². The van der Waals surface area contributed by atoms with Gasteiger partial charge < -0.3 is 4.74 Å². The van der Waals surface area contributed by atoms with E-state index in [-0.39, 0.29) is 11.9 Å². The first kappa shape index (κ1) is 17.1. The summed E-state index contributed by atoms with van der Waals surface area (Å²) in [6, 6.07) is 13.6. The Bertz CT molecular complexity index is 1030. The number of carbonyl (C=O) groups is 1. The highest BCUT2D eigenvalue weighted by Gasteiger charge is 2.32. The molecule has 0 saturated heterocycles. The normalized spacial score (nSPS) is 16.4. The SMILES string of the molecule is CCC(=O)N1N=C(c2cccc(OC)c2)C[C@@H]1c1ccc2nccnc2c1. The number of hydrogen-bond donors (Lipinski definition) is 0. The Balaban J connectivity index is 1.72. The van der Waals surface area contributed by atoms with Crippen LogP contribution in [0.4, 0.5) is 0 Å². The number of carbonyl (C=O) groups excluding carboxylic acids is 1. The number of amides is 1. The maximum Gasteiger partial charge on any atom is 0.242 e. The van der Waals surface area contributed by atoms with Crippen molar-refractivity contribution in [2.45, 2.75) is 25.8 Å². The van der Waals surface area contributed by atoms with E-state index in [9.17, 15) is 4.79 Å². The van der Waals surface area contributed by atoms with Gasteiger partial charge in [-0.2, -0.15) is 5.10 Å². The molecule has 136 valence electrons. The zero-order chi connectivity index (χ0) is 18.8. The van der Waals surface area contributed by atoms with Crippen molar-refractivity contribution in [3.05, 3.63) is 66.0 Å². The second-order valence-electron chi connectivity index (χ2n) is 6.39. The van der Waals surface area contributed by atoms with Gasteiger partial charge in [0.15, 0.2) is 0 Å². The van der Waals surface area contributed by atoms with Gasteiger partial charge in [0.1, 0.15) is 5.75 Å². The highest BCUT2D eigenvalue weighted by Crippen LogP contribution is 2.34. The van der Waals surface area contributed by atoms with Gasteiger partial charge in [-0.25, -0.2) is 5.01 Å². The number of rotatable bonds is 4. The van der Waals surface area contributed by atoms with Crippen molar-refractivity contribution in [3.8, 4) is 5.75 Å². The molecule has 0 radical (unpaired) electrons. The molecule has 0 unspecified atom stereocenters. The molecule has 0 aliphatic carbocycles. The third-order valence-corrected chi connectivity index (χ3v) is 4.75. The molecule has 1 aliphatic heterocycles. The van der Waals surface area contributed by atoms with Crippen molar-refractivity contribution in [2.24, 2.45) is 5.10 Å². The quantitative estimate of drug-likeness (QED) is 0.711. The van der Waals surface area contributed by atoms with Crippen molar-refractivity contribution in [2.75, 3.05) is 7.11 Å². The van der Waals surface area contributed by atoms with Crippen molar-refractivity contribution in [3.63, 3.8) is 0 Å². The Morgan fingerprint density at radius 2 is 1.96 bits per heavy atom. The van der Waals surface area contributed by atoms with Gasteiger partial charge in [-0.15, -0.1) is 0 Å². The number of methoxy groups -OCH3 is 1. The molecule has 0 saturated carbocycles. The van der Waals surface area contributed by atoms with Gasteiger partial charge in [-0.1, -0.05) is 25.1 Å². The molecule has 6 nitrogen and oxygen atoms in total. The number of nitrogens with zero attached hydrogens (tertiary/aromatic N) is 4. The van der Waals surface area contributed by atoms with Gasteiger partial charge in [0.2, 0.25) is 5.91 Å². The van der Waals surface area contributed by atoms with Crippen molar-refractivity contribution in [1.29, 1.82) is 0 Å². The molecule has 4 rings (SSSR count). The predicted octanol–water partition coefficient (Wildman–Crippen LogP) is 3.73. The number of hydrogen-bond acceptors (Lipinski definition) is 5. The minimum atomic E-state index is -0.148. The first-order valence-corrected chi connectivity index (χ1v) is 8.94. The first-order valence-electron chi connectivity index (χ1n) is 8.94. The summed E-state index contributed by atoms with van der Waals surface area (Å²) in [5, 5.41) is 6.25. The molecular formula is C21H20N4O2. The van der Waals surface area contributed by atoms with E-state index < -0.39 is 0 Å². The molecule has 1 aromatic heterocycles. The first-order chi connectivity index (χ1) is 13.2. The summed E-state index contributed by atoms with van der Waals surface area (Å²) < 4.78 is 5.32. The van der Waals surface area contributed by atoms with Crippen molar-refractivity contribution >= 4 is 22.7 Å². The van der Waals surface area contributed by atoms with E-state index in [2.05, 4.69) is 15.1 Å². The van der Waals surface area contributed by atoms with Gasteiger partial charge >= 0.3 is 0 Å². The average Bonchev–Trinajstić information content (AvgIpc) is 3.18. The number of fused-ring (bicyclic) bond motifs is 1. The van der Waals surface area contributed by atoms with Gasteiger partial charge in [-0.3, -0.25) is 14.8 Å². The van der Waals surface area contributed by atoms with Crippen LogP contribution in [0, 0.1) is 0 Å². The van der Waals surface area contributed by atoms with Crippen molar-refractivity contribution in [1.82, 2.24) is 15.0 Å². The summed E-state index contributed by atoms with van der Waals surface area (Å²) in [5.41, 5.74) is 4.49. The number of aromatic nitrogens is 2. The van der Waals surface area contributed by atoms with Crippen LogP contribution < -0.4 is 4.74 Å². The number of benzene rings is 2. The minimum Gasteiger partial charge on any atom is -0.497 e. The van der Waals surface area contributed by atoms with E-state index in [1.54, 1.807) is 24.5 Å². The topological polar surface area (TPSA) is 67.7 Å². The molecule has 6 heteroatoms. The van der Waals surface area contributed by atoms with E-state index in [0.29, 0.717) is 12.8 Å². The molecule has 3 aromatic rings. The van der Waals surface area contributed by atoms with Gasteiger partial charge in [0.05, 0.1) is 29.9 Å². The number of ether oxygens (including phenoxy) is 1. The molecule has 1 atom stereocenters. The minimum absolute atomic E-state index is 0.00265. The van der Waals surface area contributed by atoms with Crippen LogP contribution in [-0.4, -0.2) is 33.7 Å². The van der Waals surface area contributed by atoms with Crippen molar-refractivity contribution < 1.29 is 9.53 Å². The van der Waals surface area contributed by atoms with E-state index in [1.165, 1.54) is 0 Å². The Hall–Kier alpha value is -3.28. The number of hydrazone groups is 1. The smallest absolute Gasteiger partial charge is 0.242 e. The fourth-order valence-electron chi connectivity index (χ4n) is 3.33. The third-order valence-electron chi connectivity index (χ3n) is 4.75. The molecule has 0 fully saturated rings. The van der Waals surface area contributed by atoms with Crippen LogP contribution in [0.3, 0.4) is 0 Å². The van der Waals surface area contributed by atoms with Crippen LogP contribution in [0.25, 0.3) is 11.0 Å². The maximum absolute atomic E-state index is 12.5. The van der Waals surface area contributed by atoms with E-state index in [1.807, 2.05) is 49.4 Å². The van der Waals surface area contributed by atoms with Crippen LogP contribution in [0.2, 0.25) is 0 Å². The molecular weight excluding hydrogens is 340 g/mol.